The first-order valence-corrected chi connectivity index (χ1v) is 19.1. The van der Waals surface area contributed by atoms with E-state index in [-0.39, 0.29) is 41.5 Å². The van der Waals surface area contributed by atoms with Crippen molar-refractivity contribution in [2.24, 2.45) is 39.9 Å². The molecule has 0 aromatic rings. The number of hydrogen-bond acceptors (Lipinski definition) is 12. The van der Waals surface area contributed by atoms with E-state index in [0.717, 1.165) is 17.6 Å². The van der Waals surface area contributed by atoms with Gasteiger partial charge in [0.2, 0.25) is 0 Å². The van der Waals surface area contributed by atoms with Crippen molar-refractivity contribution >= 4 is 17.7 Å². The van der Waals surface area contributed by atoms with Crippen molar-refractivity contribution in [3.8, 4) is 0 Å². The highest BCUT2D eigenvalue weighted by Crippen LogP contribution is 2.69. The Morgan fingerprint density at radius 1 is 1.00 bits per heavy atom. The first kappa shape index (κ1) is 41.0. The number of aliphatic hydroxyl groups is 5. The van der Waals surface area contributed by atoms with Gasteiger partial charge in [0.05, 0.1) is 18.8 Å². The highest BCUT2D eigenvalue weighted by molar-refractivity contribution is 5.86. The number of fused-ring (bicyclic) bond motifs is 4. The van der Waals surface area contributed by atoms with Gasteiger partial charge in [-0.2, -0.15) is 0 Å². The first-order valence-electron chi connectivity index (χ1n) is 19.1. The Labute approximate surface area is 307 Å². The molecule has 5 N–H and O–H groups in total. The Morgan fingerprint density at radius 2 is 1.67 bits per heavy atom. The van der Waals surface area contributed by atoms with Crippen molar-refractivity contribution < 1.29 is 58.9 Å². The number of carbonyl (C=O) groups excluding carboxylic acids is 3. The van der Waals surface area contributed by atoms with Crippen LogP contribution in [0.4, 0.5) is 0 Å². The molecule has 1 aliphatic heterocycles. The Kier molecular flexibility index (Phi) is 11.9. The van der Waals surface area contributed by atoms with Crippen LogP contribution in [0.5, 0.6) is 0 Å². The zero-order valence-corrected chi connectivity index (χ0v) is 32.2. The smallest absolute Gasteiger partial charge is 0.302 e. The second kappa shape index (κ2) is 15.2. The van der Waals surface area contributed by atoms with Gasteiger partial charge in [0.1, 0.15) is 42.4 Å². The molecule has 12 nitrogen and oxygen atoms in total. The molecule has 52 heavy (non-hydrogen) atoms. The van der Waals surface area contributed by atoms with E-state index in [1.165, 1.54) is 13.8 Å². The van der Waals surface area contributed by atoms with E-state index in [4.69, 9.17) is 18.9 Å². The van der Waals surface area contributed by atoms with Gasteiger partial charge < -0.3 is 44.5 Å². The van der Waals surface area contributed by atoms with Crippen molar-refractivity contribution in [2.75, 3.05) is 13.2 Å². The summed E-state index contributed by atoms with van der Waals surface area (Å²) in [5.41, 5.74) is -0.640. The Morgan fingerprint density at radius 3 is 2.31 bits per heavy atom. The fraction of sp³-hybridized carbons (Fsp3) is 0.825. The summed E-state index contributed by atoms with van der Waals surface area (Å²) in [7, 11) is 0. The molecular weight excluding hydrogens is 672 g/mol. The molecule has 5 aliphatic rings. The molecule has 0 spiro atoms. The van der Waals surface area contributed by atoms with E-state index >= 15 is 0 Å². The minimum Gasteiger partial charge on any atom is -0.462 e. The number of rotatable bonds is 10. The number of aliphatic hydroxyl groups excluding tert-OH is 4. The first-order chi connectivity index (χ1) is 24.2. The maximum absolute atomic E-state index is 14.1. The molecule has 0 radical (unpaired) electrons. The van der Waals surface area contributed by atoms with Gasteiger partial charge in [0, 0.05) is 37.5 Å². The van der Waals surface area contributed by atoms with E-state index in [2.05, 4.69) is 26.8 Å². The summed E-state index contributed by atoms with van der Waals surface area (Å²) in [5.74, 6) is -1.26. The minimum absolute atomic E-state index is 0.0647. The van der Waals surface area contributed by atoms with Gasteiger partial charge >= 0.3 is 11.9 Å². The molecule has 0 aromatic heterocycles. The lowest BCUT2D eigenvalue weighted by molar-refractivity contribution is -0.299. The van der Waals surface area contributed by atoms with Crippen LogP contribution in [0, 0.1) is 39.9 Å². The molecule has 5 rings (SSSR count). The second-order valence-corrected chi connectivity index (χ2v) is 17.7. The lowest BCUT2D eigenvalue weighted by Crippen LogP contribution is -2.60. The van der Waals surface area contributed by atoms with E-state index in [0.29, 0.717) is 44.9 Å². The summed E-state index contributed by atoms with van der Waals surface area (Å²) in [5, 5.41) is 52.3. The molecule has 1 saturated heterocycles. The van der Waals surface area contributed by atoms with Gasteiger partial charge in [0.15, 0.2) is 6.29 Å². The standard InChI is InChI=1S/C40H62O12/c1-21(20-49-36-34(47)33(46)32(45)29(19-41)52-36)10-9-11-22(2)31-27(44)18-39(8)26-16-28(50-23(3)42)35-37(5,6)30(51-24(4)43)13-15-40(35,48)17-25(26)12-14-38(31,39)7/h10,12,22,26,28-36,41,45-48H,9,11,13-20H2,1-8H3/b21-10+/t22-,26-,28+,29-,30+,31+,32-,33+,34-,35+,36-,38-,39+,40-/m1/s1. The topological polar surface area (TPSA) is 189 Å². The summed E-state index contributed by atoms with van der Waals surface area (Å²) in [6.07, 6.45) is 0.920. The van der Waals surface area contributed by atoms with Gasteiger partial charge in [-0.05, 0) is 74.5 Å². The summed E-state index contributed by atoms with van der Waals surface area (Å²) < 4.78 is 23.0. The lowest BCUT2D eigenvalue weighted by Gasteiger charge is -2.54. The third kappa shape index (κ3) is 7.30. The number of ether oxygens (including phenoxy) is 4. The molecule has 1 heterocycles. The predicted molar refractivity (Wildman–Crippen MR) is 189 cm³/mol. The van der Waals surface area contributed by atoms with Crippen molar-refractivity contribution in [1.29, 1.82) is 0 Å². The maximum Gasteiger partial charge on any atom is 0.302 e. The van der Waals surface area contributed by atoms with E-state index in [1.807, 2.05) is 26.8 Å². The molecule has 12 heteroatoms. The van der Waals surface area contributed by atoms with Crippen molar-refractivity contribution in [2.45, 2.75) is 155 Å². The van der Waals surface area contributed by atoms with Gasteiger partial charge in [-0.3, -0.25) is 14.4 Å². The quantitative estimate of drug-likeness (QED) is 0.163. The third-order valence-corrected chi connectivity index (χ3v) is 13.9. The number of hydrogen-bond donors (Lipinski definition) is 5. The summed E-state index contributed by atoms with van der Waals surface area (Å²) in [6, 6.07) is 0. The van der Waals surface area contributed by atoms with E-state index in [1.54, 1.807) is 0 Å². The Bertz CT molecular complexity index is 1420. The number of carbonyl (C=O) groups is 3. The molecule has 4 fully saturated rings. The lowest BCUT2D eigenvalue weighted by atomic mass is 9.50. The van der Waals surface area contributed by atoms with Crippen LogP contribution in [0.2, 0.25) is 0 Å². The number of allylic oxidation sites excluding steroid dienone is 2. The van der Waals surface area contributed by atoms with Crippen LogP contribution in [0.1, 0.15) is 107 Å². The van der Waals surface area contributed by atoms with Crippen LogP contribution in [0.15, 0.2) is 23.3 Å². The average molecular weight is 735 g/mol. The predicted octanol–water partition coefficient (Wildman–Crippen LogP) is 3.54. The molecule has 4 aliphatic carbocycles. The summed E-state index contributed by atoms with van der Waals surface area (Å²) in [4.78, 5) is 38.8. The average Bonchev–Trinajstić information content (AvgIpc) is 3.16. The molecule has 3 saturated carbocycles. The molecule has 14 atom stereocenters. The largest absolute Gasteiger partial charge is 0.462 e. The van der Waals surface area contributed by atoms with Crippen LogP contribution >= 0.6 is 0 Å². The Hall–Kier alpha value is -2.19. The third-order valence-electron chi connectivity index (χ3n) is 13.9. The van der Waals surface area contributed by atoms with Crippen molar-refractivity contribution in [3.63, 3.8) is 0 Å². The maximum atomic E-state index is 14.1. The monoisotopic (exact) mass is 734 g/mol. The number of esters is 2. The van der Waals surface area contributed by atoms with Crippen molar-refractivity contribution in [1.82, 2.24) is 0 Å². The van der Waals surface area contributed by atoms with Gasteiger partial charge in [0.25, 0.3) is 0 Å². The number of ketones is 1. The zero-order chi connectivity index (χ0) is 38.6. The summed E-state index contributed by atoms with van der Waals surface area (Å²) >= 11 is 0. The Balaban J connectivity index is 1.32. The zero-order valence-electron chi connectivity index (χ0n) is 32.2. The highest BCUT2D eigenvalue weighted by atomic mass is 16.7. The van der Waals surface area contributed by atoms with Crippen molar-refractivity contribution in [3.05, 3.63) is 23.3 Å². The van der Waals surface area contributed by atoms with Crippen LogP contribution in [0.25, 0.3) is 0 Å². The van der Waals surface area contributed by atoms with E-state index < -0.39 is 77.8 Å². The highest BCUT2D eigenvalue weighted by Gasteiger charge is 2.67. The molecule has 0 unspecified atom stereocenters. The van der Waals surface area contributed by atoms with Gasteiger partial charge in [-0.15, -0.1) is 0 Å². The van der Waals surface area contributed by atoms with Crippen LogP contribution in [-0.4, -0.2) is 105 Å². The van der Waals surface area contributed by atoms with Crippen LogP contribution in [0.3, 0.4) is 0 Å². The van der Waals surface area contributed by atoms with E-state index in [9.17, 15) is 39.9 Å². The van der Waals surface area contributed by atoms with Gasteiger partial charge in [-0.1, -0.05) is 57.9 Å². The fourth-order valence-corrected chi connectivity index (χ4v) is 11.2. The fourth-order valence-electron chi connectivity index (χ4n) is 11.2. The molecule has 0 aromatic carbocycles. The SMILES string of the molecule is CC(=O)O[C@H]1C[C@@H]2C(=CC[C@]3(C)[C@@H]([C@H](C)CC/C=C(\C)CO[C@@H]4O[C@H](CO)[C@@H](O)[C@H](O)[C@H]4O)C(=O)C[C@@]23C)C[C@]2(O)CC[C@H](OC(C)=O)C(C)(C)[C@H]12. The minimum atomic E-state index is -1.51. The van der Waals surface area contributed by atoms with Gasteiger partial charge in [-0.25, -0.2) is 0 Å². The molecule has 294 valence electrons. The molecular formula is C40H62O12. The molecule has 0 bridgehead atoms. The second-order valence-electron chi connectivity index (χ2n) is 17.7. The van der Waals surface area contributed by atoms with Crippen LogP contribution in [-0.2, 0) is 33.3 Å². The molecule has 0 amide bonds. The summed E-state index contributed by atoms with van der Waals surface area (Å²) in [6.45, 7) is 14.8. The normalized spacial score (nSPS) is 43.7. The van der Waals surface area contributed by atoms with Crippen LogP contribution < -0.4 is 0 Å². The number of Topliss-reactive ketones (excluding diaryl/α,β-unsaturated/α-hetero) is 1.